The van der Waals surface area contributed by atoms with Crippen LogP contribution in [0.4, 0.5) is 0 Å². The van der Waals surface area contributed by atoms with Crippen LogP contribution in [-0.2, 0) is 27.7 Å². The maximum absolute atomic E-state index is 11.4. The molecule has 0 aliphatic heterocycles. The van der Waals surface area contributed by atoms with Crippen molar-refractivity contribution >= 4 is 15.8 Å². The van der Waals surface area contributed by atoms with Crippen LogP contribution < -0.4 is 10.6 Å². The predicted octanol–water partition coefficient (Wildman–Crippen LogP) is 2.10. The second-order valence-electron chi connectivity index (χ2n) is 7.12. The number of hydrogen-bond donors (Lipinski definition) is 3. The van der Waals surface area contributed by atoms with Crippen molar-refractivity contribution in [2.24, 2.45) is 4.99 Å². The van der Waals surface area contributed by atoms with Gasteiger partial charge in [0.2, 0.25) is 0 Å². The molecule has 0 amide bonds. The third-order valence-electron chi connectivity index (χ3n) is 4.09. The fourth-order valence-corrected chi connectivity index (χ4v) is 3.42. The number of furan rings is 1. The molecule has 0 saturated heterocycles. The van der Waals surface area contributed by atoms with Crippen LogP contribution in [0, 0.1) is 6.92 Å². The molecule has 0 saturated carbocycles. The Morgan fingerprint density at radius 3 is 2.32 bits per heavy atom. The van der Waals surface area contributed by atoms with E-state index < -0.39 is 15.4 Å². The Hall–Kier alpha value is -2.32. The fourth-order valence-electron chi connectivity index (χ4n) is 2.62. The van der Waals surface area contributed by atoms with Crippen LogP contribution in [0.3, 0.4) is 0 Å². The first-order valence-electron chi connectivity index (χ1n) is 9.16. The molecule has 0 aliphatic carbocycles. The normalized spacial score (nSPS) is 14.5. The molecule has 0 spiro atoms. The molecular weight excluding hydrogens is 378 g/mol. The highest BCUT2D eigenvalue weighted by Gasteiger charge is 2.27. The summed E-state index contributed by atoms with van der Waals surface area (Å²) in [5.74, 6) is 1.85. The number of aryl methyl sites for hydroxylation is 1. The number of aliphatic hydroxyl groups is 1. The zero-order valence-corrected chi connectivity index (χ0v) is 17.6. The maximum Gasteiger partial charge on any atom is 0.191 e. The quantitative estimate of drug-likeness (QED) is 0.457. The summed E-state index contributed by atoms with van der Waals surface area (Å²) in [6, 6.07) is 10.9. The summed E-state index contributed by atoms with van der Waals surface area (Å²) < 4.78 is 28.2. The number of sulfone groups is 1. The summed E-state index contributed by atoms with van der Waals surface area (Å²) in [5.41, 5.74) is 0.547. The van der Waals surface area contributed by atoms with Gasteiger partial charge in [0, 0.05) is 12.8 Å². The highest BCUT2D eigenvalue weighted by molar-refractivity contribution is 7.89. The molecule has 7 nitrogen and oxygen atoms in total. The van der Waals surface area contributed by atoms with E-state index >= 15 is 0 Å². The molecular formula is C20H29N3O4S. The van der Waals surface area contributed by atoms with E-state index in [1.54, 1.807) is 25.1 Å². The third-order valence-corrected chi connectivity index (χ3v) is 4.94. The summed E-state index contributed by atoms with van der Waals surface area (Å²) >= 11 is 0. The summed E-state index contributed by atoms with van der Waals surface area (Å²) in [6.45, 7) is 6.82. The largest absolute Gasteiger partial charge is 0.463 e. The molecule has 1 atom stereocenters. The van der Waals surface area contributed by atoms with E-state index in [4.69, 9.17) is 4.42 Å². The van der Waals surface area contributed by atoms with Gasteiger partial charge < -0.3 is 20.2 Å². The van der Waals surface area contributed by atoms with Crippen molar-refractivity contribution < 1.29 is 17.9 Å². The predicted molar refractivity (Wildman–Crippen MR) is 111 cm³/mol. The van der Waals surface area contributed by atoms with Gasteiger partial charge in [0.1, 0.15) is 17.1 Å². The van der Waals surface area contributed by atoms with Crippen LogP contribution in [0.5, 0.6) is 0 Å². The Labute approximate surface area is 166 Å². The van der Waals surface area contributed by atoms with Gasteiger partial charge in [-0.05, 0) is 44.0 Å². The molecule has 28 heavy (non-hydrogen) atoms. The first-order valence-corrected chi connectivity index (χ1v) is 11.2. The topological polar surface area (TPSA) is 104 Å². The van der Waals surface area contributed by atoms with Crippen molar-refractivity contribution in [3.8, 4) is 0 Å². The Morgan fingerprint density at radius 1 is 1.14 bits per heavy atom. The van der Waals surface area contributed by atoms with Gasteiger partial charge in [-0.3, -0.25) is 0 Å². The maximum atomic E-state index is 11.4. The summed E-state index contributed by atoms with van der Waals surface area (Å²) in [5, 5.41) is 16.9. The summed E-state index contributed by atoms with van der Waals surface area (Å²) in [7, 11) is -3.04. The lowest BCUT2D eigenvalue weighted by molar-refractivity contribution is 0.0378. The van der Waals surface area contributed by atoms with E-state index in [1.807, 2.05) is 32.0 Å². The molecule has 2 aromatic rings. The lowest BCUT2D eigenvalue weighted by Gasteiger charge is -2.22. The van der Waals surface area contributed by atoms with Crippen molar-refractivity contribution in [1.29, 1.82) is 0 Å². The number of rotatable bonds is 8. The molecule has 154 valence electrons. The van der Waals surface area contributed by atoms with Crippen LogP contribution in [0.25, 0.3) is 0 Å². The van der Waals surface area contributed by atoms with Gasteiger partial charge in [-0.2, -0.15) is 0 Å². The van der Waals surface area contributed by atoms with Crippen LogP contribution in [0.15, 0.2) is 45.8 Å². The van der Waals surface area contributed by atoms with E-state index in [1.165, 1.54) is 6.26 Å². The molecule has 0 radical (unpaired) electrons. The number of guanidine groups is 1. The molecule has 2 rings (SSSR count). The molecule has 0 fully saturated rings. The minimum atomic E-state index is -3.04. The van der Waals surface area contributed by atoms with Crippen LogP contribution in [0.2, 0.25) is 0 Å². The van der Waals surface area contributed by atoms with Gasteiger partial charge in [0.05, 0.1) is 18.8 Å². The highest BCUT2D eigenvalue weighted by Crippen LogP contribution is 2.21. The molecule has 0 bridgehead atoms. The first-order chi connectivity index (χ1) is 13.1. The van der Waals surface area contributed by atoms with E-state index in [-0.39, 0.29) is 12.3 Å². The van der Waals surface area contributed by atoms with Crippen molar-refractivity contribution in [3.05, 3.63) is 59.0 Å². The molecule has 3 N–H and O–H groups in total. The lowest BCUT2D eigenvalue weighted by atomic mass is 10.0. The van der Waals surface area contributed by atoms with Gasteiger partial charge in [-0.1, -0.05) is 24.3 Å². The molecule has 0 aliphatic rings. The number of aliphatic imine (C=N–C) groups is 1. The number of benzene rings is 1. The molecule has 1 heterocycles. The van der Waals surface area contributed by atoms with Gasteiger partial charge >= 0.3 is 0 Å². The average Bonchev–Trinajstić information content (AvgIpc) is 3.05. The first kappa shape index (κ1) is 22.0. The monoisotopic (exact) mass is 407 g/mol. The minimum Gasteiger partial charge on any atom is -0.463 e. The summed E-state index contributed by atoms with van der Waals surface area (Å²) in [4.78, 5) is 4.52. The van der Waals surface area contributed by atoms with Crippen LogP contribution in [0.1, 0.15) is 36.5 Å². The second-order valence-corrected chi connectivity index (χ2v) is 9.26. The molecule has 8 heteroatoms. The Bertz CT molecular complexity index is 900. The van der Waals surface area contributed by atoms with Crippen LogP contribution >= 0.6 is 0 Å². The van der Waals surface area contributed by atoms with Crippen LogP contribution in [-0.4, -0.2) is 38.8 Å². The van der Waals surface area contributed by atoms with Crippen molar-refractivity contribution in [1.82, 2.24) is 10.6 Å². The lowest BCUT2D eigenvalue weighted by Crippen LogP contribution is -2.44. The highest BCUT2D eigenvalue weighted by atomic mass is 32.2. The SMILES string of the molecule is CCNC(=NCc1ccc(CS(C)(=O)=O)cc1)NCC(C)(O)c1ccc(C)o1. The van der Waals surface area contributed by atoms with Gasteiger partial charge in [0.15, 0.2) is 15.8 Å². The van der Waals surface area contributed by atoms with Crippen molar-refractivity contribution in [3.63, 3.8) is 0 Å². The average molecular weight is 408 g/mol. The zero-order valence-electron chi connectivity index (χ0n) is 16.8. The Balaban J connectivity index is 2.00. The zero-order chi connectivity index (χ0) is 20.8. The number of hydrogen-bond acceptors (Lipinski definition) is 5. The van der Waals surface area contributed by atoms with Gasteiger partial charge in [-0.25, -0.2) is 13.4 Å². The van der Waals surface area contributed by atoms with E-state index in [0.29, 0.717) is 24.8 Å². The van der Waals surface area contributed by atoms with E-state index in [2.05, 4.69) is 15.6 Å². The fraction of sp³-hybridized carbons (Fsp3) is 0.450. The summed E-state index contributed by atoms with van der Waals surface area (Å²) in [6.07, 6.45) is 1.22. The van der Waals surface area contributed by atoms with Gasteiger partial charge in [-0.15, -0.1) is 0 Å². The molecule has 1 aromatic heterocycles. The standard InChI is InChI=1S/C20H29N3O4S/c1-5-21-19(23-14-20(3,24)18-11-6-15(2)27-18)22-12-16-7-9-17(10-8-16)13-28(4,25)26/h6-11,24H,5,12-14H2,1-4H3,(H2,21,22,23). The number of nitrogens with zero attached hydrogens (tertiary/aromatic N) is 1. The third kappa shape index (κ3) is 7.01. The van der Waals surface area contributed by atoms with E-state index in [9.17, 15) is 13.5 Å². The van der Waals surface area contributed by atoms with Crippen molar-refractivity contribution in [2.45, 2.75) is 38.7 Å². The van der Waals surface area contributed by atoms with Crippen molar-refractivity contribution in [2.75, 3.05) is 19.3 Å². The Kier molecular flexibility index (Phi) is 7.26. The van der Waals surface area contributed by atoms with Gasteiger partial charge in [0.25, 0.3) is 0 Å². The molecule has 1 aromatic carbocycles. The second kappa shape index (κ2) is 9.25. The smallest absolute Gasteiger partial charge is 0.191 e. The molecule has 1 unspecified atom stereocenters. The Morgan fingerprint density at radius 2 is 1.79 bits per heavy atom. The number of nitrogens with one attached hydrogen (secondary N) is 2. The van der Waals surface area contributed by atoms with E-state index in [0.717, 1.165) is 16.9 Å². The minimum absolute atomic E-state index is 0.0298.